The third kappa shape index (κ3) is 2.46. The number of fused-ring (bicyclic) bond motifs is 1. The smallest absolute Gasteiger partial charge is 0.304 e. The van der Waals surface area contributed by atoms with Crippen LogP contribution in [0.3, 0.4) is 0 Å². The molecule has 0 spiro atoms. The van der Waals surface area contributed by atoms with Crippen LogP contribution in [0.4, 0.5) is 18.9 Å². The SMILES string of the molecule is O=C(N1CCc2cc(CCCl)ccc21)C(F)(F)F. The summed E-state index contributed by atoms with van der Waals surface area (Å²) < 4.78 is 37.2. The van der Waals surface area contributed by atoms with Gasteiger partial charge in [0.25, 0.3) is 0 Å². The molecule has 0 radical (unpaired) electrons. The van der Waals surface area contributed by atoms with Gasteiger partial charge >= 0.3 is 12.1 Å². The minimum Gasteiger partial charge on any atom is -0.304 e. The van der Waals surface area contributed by atoms with Crippen molar-refractivity contribution in [3.8, 4) is 0 Å². The zero-order valence-electron chi connectivity index (χ0n) is 9.43. The number of benzene rings is 1. The van der Waals surface area contributed by atoms with Crippen LogP contribution in [0, 0.1) is 0 Å². The Morgan fingerprint density at radius 2 is 2.11 bits per heavy atom. The minimum absolute atomic E-state index is 0.0814. The van der Waals surface area contributed by atoms with Gasteiger partial charge in [0.15, 0.2) is 0 Å². The first-order valence-electron chi connectivity index (χ1n) is 5.50. The lowest BCUT2D eigenvalue weighted by Gasteiger charge is -2.18. The maximum absolute atomic E-state index is 12.4. The Balaban J connectivity index is 2.27. The van der Waals surface area contributed by atoms with Crippen molar-refractivity contribution >= 4 is 23.2 Å². The molecule has 1 amide bonds. The number of anilines is 1. The van der Waals surface area contributed by atoms with E-state index in [0.717, 1.165) is 16.0 Å². The topological polar surface area (TPSA) is 20.3 Å². The molecule has 0 aromatic heterocycles. The van der Waals surface area contributed by atoms with Crippen molar-refractivity contribution in [2.45, 2.75) is 19.0 Å². The Bertz CT molecular complexity index is 473. The molecule has 1 aliphatic heterocycles. The van der Waals surface area contributed by atoms with Crippen LogP contribution in [-0.2, 0) is 17.6 Å². The van der Waals surface area contributed by atoms with E-state index in [-0.39, 0.29) is 6.54 Å². The lowest BCUT2D eigenvalue weighted by molar-refractivity contribution is -0.170. The van der Waals surface area contributed by atoms with Gasteiger partial charge in [-0.1, -0.05) is 12.1 Å². The van der Waals surface area contributed by atoms with Gasteiger partial charge in [-0.2, -0.15) is 13.2 Å². The van der Waals surface area contributed by atoms with E-state index in [0.29, 0.717) is 24.4 Å². The summed E-state index contributed by atoms with van der Waals surface area (Å²) in [5, 5.41) is 0. The zero-order chi connectivity index (χ0) is 13.3. The number of nitrogens with zero attached hydrogens (tertiary/aromatic N) is 1. The summed E-state index contributed by atoms with van der Waals surface area (Å²) in [5.41, 5.74) is 2.11. The van der Waals surface area contributed by atoms with Gasteiger partial charge in [0, 0.05) is 18.1 Å². The number of halogens is 4. The molecule has 1 aliphatic rings. The molecule has 1 heterocycles. The van der Waals surface area contributed by atoms with E-state index in [1.807, 2.05) is 6.07 Å². The summed E-state index contributed by atoms with van der Waals surface area (Å²) in [4.78, 5) is 12.0. The second-order valence-electron chi connectivity index (χ2n) is 4.11. The number of carbonyl (C=O) groups excluding carboxylic acids is 1. The number of alkyl halides is 4. The Morgan fingerprint density at radius 3 is 2.72 bits per heavy atom. The third-order valence-corrected chi connectivity index (χ3v) is 3.10. The monoisotopic (exact) mass is 277 g/mol. The quantitative estimate of drug-likeness (QED) is 0.761. The van der Waals surface area contributed by atoms with Crippen LogP contribution in [0.1, 0.15) is 11.1 Å². The lowest BCUT2D eigenvalue weighted by Crippen LogP contribution is -2.40. The molecule has 2 nitrogen and oxygen atoms in total. The van der Waals surface area contributed by atoms with Gasteiger partial charge in [0.1, 0.15) is 0 Å². The first kappa shape index (κ1) is 13.2. The number of hydrogen-bond donors (Lipinski definition) is 0. The fraction of sp³-hybridized carbons (Fsp3) is 0.417. The second kappa shape index (κ2) is 4.80. The molecular formula is C12H11ClF3NO. The van der Waals surface area contributed by atoms with E-state index in [4.69, 9.17) is 11.6 Å². The fourth-order valence-electron chi connectivity index (χ4n) is 2.08. The average Bonchev–Trinajstić information content (AvgIpc) is 2.70. The summed E-state index contributed by atoms with van der Waals surface area (Å²) in [6.45, 7) is 0.0814. The first-order valence-corrected chi connectivity index (χ1v) is 6.03. The van der Waals surface area contributed by atoms with Crippen molar-refractivity contribution in [1.29, 1.82) is 0 Å². The average molecular weight is 278 g/mol. The van der Waals surface area contributed by atoms with Crippen molar-refractivity contribution < 1.29 is 18.0 Å². The van der Waals surface area contributed by atoms with Crippen molar-refractivity contribution in [3.05, 3.63) is 29.3 Å². The summed E-state index contributed by atoms with van der Waals surface area (Å²) in [6, 6.07) is 5.10. The molecule has 1 aromatic rings. The largest absolute Gasteiger partial charge is 0.471 e. The van der Waals surface area contributed by atoms with E-state index in [9.17, 15) is 18.0 Å². The van der Waals surface area contributed by atoms with Gasteiger partial charge in [0.2, 0.25) is 0 Å². The van der Waals surface area contributed by atoms with Crippen molar-refractivity contribution in [1.82, 2.24) is 0 Å². The molecule has 2 rings (SSSR count). The predicted molar refractivity (Wildman–Crippen MR) is 63.0 cm³/mol. The van der Waals surface area contributed by atoms with Crippen molar-refractivity contribution in [2.75, 3.05) is 17.3 Å². The van der Waals surface area contributed by atoms with Crippen molar-refractivity contribution in [3.63, 3.8) is 0 Å². The molecule has 0 unspecified atom stereocenters. The molecule has 18 heavy (non-hydrogen) atoms. The Hall–Kier alpha value is -1.23. The molecule has 0 aliphatic carbocycles. The van der Waals surface area contributed by atoms with Gasteiger partial charge in [-0.25, -0.2) is 0 Å². The van der Waals surface area contributed by atoms with Crippen LogP contribution in [0.25, 0.3) is 0 Å². The van der Waals surface area contributed by atoms with Gasteiger partial charge in [-0.05, 0) is 30.0 Å². The molecule has 1 aromatic carbocycles. The van der Waals surface area contributed by atoms with Crippen molar-refractivity contribution in [2.24, 2.45) is 0 Å². The normalized spacial score (nSPS) is 14.8. The van der Waals surface area contributed by atoms with Gasteiger partial charge in [-0.3, -0.25) is 4.79 Å². The van der Waals surface area contributed by atoms with E-state index in [1.54, 1.807) is 12.1 Å². The first-order chi connectivity index (χ1) is 8.43. The van der Waals surface area contributed by atoms with Crippen LogP contribution in [0.2, 0.25) is 0 Å². The highest BCUT2D eigenvalue weighted by atomic mass is 35.5. The summed E-state index contributed by atoms with van der Waals surface area (Å²) in [7, 11) is 0. The molecule has 0 bridgehead atoms. The Kier molecular flexibility index (Phi) is 3.52. The number of aryl methyl sites for hydroxylation is 1. The fourth-order valence-corrected chi connectivity index (χ4v) is 2.30. The van der Waals surface area contributed by atoms with E-state index in [1.165, 1.54) is 0 Å². The lowest BCUT2D eigenvalue weighted by atomic mass is 10.1. The van der Waals surface area contributed by atoms with Gasteiger partial charge < -0.3 is 4.90 Å². The summed E-state index contributed by atoms with van der Waals surface area (Å²) >= 11 is 5.61. The molecule has 0 saturated carbocycles. The Labute approximate surface area is 107 Å². The van der Waals surface area contributed by atoms with E-state index in [2.05, 4.69) is 0 Å². The maximum atomic E-state index is 12.4. The molecule has 6 heteroatoms. The number of rotatable bonds is 2. The highest BCUT2D eigenvalue weighted by Crippen LogP contribution is 2.32. The van der Waals surface area contributed by atoms with Gasteiger partial charge in [-0.15, -0.1) is 11.6 Å². The van der Waals surface area contributed by atoms with Crippen LogP contribution in [0.5, 0.6) is 0 Å². The van der Waals surface area contributed by atoms with Crippen LogP contribution >= 0.6 is 11.6 Å². The molecule has 98 valence electrons. The predicted octanol–water partition coefficient (Wildman–Crippen LogP) is 2.92. The van der Waals surface area contributed by atoms with E-state index >= 15 is 0 Å². The minimum atomic E-state index is -4.82. The molecular weight excluding hydrogens is 267 g/mol. The van der Waals surface area contributed by atoms with E-state index < -0.39 is 12.1 Å². The molecule has 0 N–H and O–H groups in total. The zero-order valence-corrected chi connectivity index (χ0v) is 10.2. The van der Waals surface area contributed by atoms with Gasteiger partial charge in [0.05, 0.1) is 0 Å². The third-order valence-electron chi connectivity index (χ3n) is 2.91. The highest BCUT2D eigenvalue weighted by molar-refractivity contribution is 6.18. The van der Waals surface area contributed by atoms with Crippen LogP contribution in [0.15, 0.2) is 18.2 Å². The van der Waals surface area contributed by atoms with Crippen LogP contribution < -0.4 is 4.90 Å². The maximum Gasteiger partial charge on any atom is 0.471 e. The molecule has 0 atom stereocenters. The molecule has 0 fully saturated rings. The van der Waals surface area contributed by atoms with Crippen LogP contribution in [-0.4, -0.2) is 24.5 Å². The Morgan fingerprint density at radius 1 is 1.39 bits per heavy atom. The number of amides is 1. The highest BCUT2D eigenvalue weighted by Gasteiger charge is 2.44. The number of carbonyl (C=O) groups is 1. The standard InChI is InChI=1S/C12H11ClF3NO/c13-5-3-8-1-2-10-9(7-8)4-6-17(10)11(18)12(14,15)16/h1-2,7H,3-6H2. The summed E-state index contributed by atoms with van der Waals surface area (Å²) in [5.74, 6) is -1.34. The molecule has 0 saturated heterocycles. The number of hydrogen-bond acceptors (Lipinski definition) is 1. The second-order valence-corrected chi connectivity index (χ2v) is 4.48. The summed E-state index contributed by atoms with van der Waals surface area (Å²) in [6.07, 6.45) is -3.70.